The Morgan fingerprint density at radius 2 is 2.14 bits per heavy atom. The van der Waals surface area contributed by atoms with Gasteiger partial charge in [0.2, 0.25) is 0 Å². The van der Waals surface area contributed by atoms with Crippen LogP contribution in [0.25, 0.3) is 0 Å². The maximum atomic E-state index is 5.32. The van der Waals surface area contributed by atoms with Crippen LogP contribution in [0.4, 0.5) is 0 Å². The summed E-state index contributed by atoms with van der Waals surface area (Å²) in [4.78, 5) is 4.17. The first kappa shape index (κ1) is 11.4. The van der Waals surface area contributed by atoms with Gasteiger partial charge in [-0.2, -0.15) is 0 Å². The number of ether oxygens (including phenoxy) is 3. The summed E-state index contributed by atoms with van der Waals surface area (Å²) in [5, 5.41) is 0. The fraction of sp³-hybridized carbons (Fsp3) is 0.444. The van der Waals surface area contributed by atoms with Crippen LogP contribution >= 0.6 is 15.9 Å². The topological polar surface area (TPSA) is 40.6 Å². The number of hydrogen-bond donors (Lipinski definition) is 0. The van der Waals surface area contributed by atoms with Crippen molar-refractivity contribution in [3.05, 3.63) is 22.4 Å². The molecule has 0 aliphatic carbocycles. The average molecular weight is 262 g/mol. The Labute approximate surface area is 91.3 Å². The lowest BCUT2D eigenvalue weighted by molar-refractivity contribution is 0.0482. The molecular weight excluding hydrogens is 250 g/mol. The Hall–Kier alpha value is -0.650. The predicted octanol–water partition coefficient (Wildman–Crippen LogP) is 1.97. The van der Waals surface area contributed by atoms with Crippen LogP contribution < -0.4 is 4.74 Å². The number of halogens is 1. The van der Waals surface area contributed by atoms with Gasteiger partial charge in [-0.25, -0.2) is 0 Å². The summed E-state index contributed by atoms with van der Waals surface area (Å²) >= 11 is 3.32. The zero-order valence-corrected chi connectivity index (χ0v) is 9.70. The third-order valence-electron chi connectivity index (χ3n) is 1.51. The van der Waals surface area contributed by atoms with E-state index < -0.39 is 0 Å². The number of pyridine rings is 1. The van der Waals surface area contributed by atoms with Crippen LogP contribution in [0.15, 0.2) is 16.7 Å². The van der Waals surface area contributed by atoms with Gasteiger partial charge >= 0.3 is 0 Å². The SMILES string of the molecule is COCOc1cc(Br)cnc1COC. The molecule has 1 aromatic heterocycles. The van der Waals surface area contributed by atoms with E-state index in [4.69, 9.17) is 14.2 Å². The minimum Gasteiger partial charge on any atom is -0.466 e. The van der Waals surface area contributed by atoms with E-state index in [0.29, 0.717) is 12.4 Å². The van der Waals surface area contributed by atoms with Crippen LogP contribution in [-0.2, 0) is 16.1 Å². The second-order valence-electron chi connectivity index (χ2n) is 2.58. The molecule has 4 nitrogen and oxygen atoms in total. The van der Waals surface area contributed by atoms with Gasteiger partial charge in [0.25, 0.3) is 0 Å². The summed E-state index contributed by atoms with van der Waals surface area (Å²) in [6.45, 7) is 0.626. The van der Waals surface area contributed by atoms with Crippen molar-refractivity contribution in [2.24, 2.45) is 0 Å². The normalized spacial score (nSPS) is 10.2. The molecule has 1 aromatic rings. The molecule has 1 heterocycles. The van der Waals surface area contributed by atoms with E-state index in [0.717, 1.165) is 10.2 Å². The largest absolute Gasteiger partial charge is 0.466 e. The molecule has 14 heavy (non-hydrogen) atoms. The van der Waals surface area contributed by atoms with Gasteiger partial charge < -0.3 is 14.2 Å². The van der Waals surface area contributed by atoms with Crippen LogP contribution in [0.2, 0.25) is 0 Å². The van der Waals surface area contributed by atoms with E-state index in [9.17, 15) is 0 Å². The standard InChI is InChI=1S/C9H12BrNO3/c1-12-5-8-9(14-6-13-2)3-7(10)4-11-8/h3-4H,5-6H2,1-2H3. The minimum atomic E-state index is 0.203. The molecule has 0 aliphatic heterocycles. The molecule has 0 saturated heterocycles. The highest BCUT2D eigenvalue weighted by Crippen LogP contribution is 2.21. The summed E-state index contributed by atoms with van der Waals surface area (Å²) in [5.74, 6) is 0.670. The molecule has 0 aromatic carbocycles. The van der Waals surface area contributed by atoms with Crippen LogP contribution in [0.5, 0.6) is 5.75 Å². The van der Waals surface area contributed by atoms with Gasteiger partial charge in [-0.1, -0.05) is 0 Å². The summed E-state index contributed by atoms with van der Waals surface area (Å²) in [6, 6.07) is 1.83. The Bertz CT molecular complexity index is 293. The maximum absolute atomic E-state index is 5.32. The number of methoxy groups -OCH3 is 2. The fourth-order valence-electron chi connectivity index (χ4n) is 0.942. The number of rotatable bonds is 5. The first-order chi connectivity index (χ1) is 6.77. The van der Waals surface area contributed by atoms with Crippen LogP contribution in [0.1, 0.15) is 5.69 Å². The first-order valence-electron chi connectivity index (χ1n) is 4.03. The molecule has 0 fully saturated rings. The monoisotopic (exact) mass is 261 g/mol. The summed E-state index contributed by atoms with van der Waals surface area (Å²) in [7, 11) is 3.19. The minimum absolute atomic E-state index is 0.203. The molecule has 0 spiro atoms. The lowest BCUT2D eigenvalue weighted by Crippen LogP contribution is -2.03. The van der Waals surface area contributed by atoms with Crippen molar-refractivity contribution in [3.8, 4) is 5.75 Å². The first-order valence-corrected chi connectivity index (χ1v) is 4.82. The van der Waals surface area contributed by atoms with Gasteiger partial charge in [-0.15, -0.1) is 0 Å². The molecular formula is C9H12BrNO3. The van der Waals surface area contributed by atoms with Crippen LogP contribution in [0, 0.1) is 0 Å². The highest BCUT2D eigenvalue weighted by atomic mass is 79.9. The van der Waals surface area contributed by atoms with Crippen molar-refractivity contribution in [1.29, 1.82) is 0 Å². The van der Waals surface area contributed by atoms with Gasteiger partial charge in [-0.3, -0.25) is 4.98 Å². The summed E-state index contributed by atoms with van der Waals surface area (Å²) in [5.41, 5.74) is 0.757. The molecule has 5 heteroatoms. The molecule has 1 rings (SSSR count). The Balaban J connectivity index is 2.79. The lowest BCUT2D eigenvalue weighted by atomic mass is 10.3. The van der Waals surface area contributed by atoms with Gasteiger partial charge in [0.1, 0.15) is 11.4 Å². The van der Waals surface area contributed by atoms with Crippen LogP contribution in [0.3, 0.4) is 0 Å². The highest BCUT2D eigenvalue weighted by molar-refractivity contribution is 9.10. The Morgan fingerprint density at radius 1 is 1.36 bits per heavy atom. The zero-order valence-electron chi connectivity index (χ0n) is 8.12. The zero-order chi connectivity index (χ0) is 10.4. The van der Waals surface area contributed by atoms with E-state index >= 15 is 0 Å². The molecule has 0 N–H and O–H groups in total. The number of hydrogen-bond acceptors (Lipinski definition) is 4. The molecule has 78 valence electrons. The Morgan fingerprint density at radius 3 is 2.79 bits per heavy atom. The van der Waals surface area contributed by atoms with E-state index in [1.165, 1.54) is 0 Å². The predicted molar refractivity (Wildman–Crippen MR) is 55.2 cm³/mol. The second kappa shape index (κ2) is 5.95. The van der Waals surface area contributed by atoms with Gasteiger partial charge in [0.05, 0.1) is 6.61 Å². The Kier molecular flexibility index (Phi) is 4.86. The van der Waals surface area contributed by atoms with E-state index in [1.54, 1.807) is 20.4 Å². The quantitative estimate of drug-likeness (QED) is 0.761. The summed E-state index contributed by atoms with van der Waals surface area (Å²) in [6.07, 6.45) is 1.70. The molecule has 0 amide bonds. The number of nitrogens with zero attached hydrogens (tertiary/aromatic N) is 1. The molecule has 0 bridgehead atoms. The van der Waals surface area contributed by atoms with Crippen molar-refractivity contribution < 1.29 is 14.2 Å². The van der Waals surface area contributed by atoms with Gasteiger partial charge in [-0.05, 0) is 22.0 Å². The van der Waals surface area contributed by atoms with Crippen molar-refractivity contribution >= 4 is 15.9 Å². The molecule has 0 radical (unpaired) electrons. The van der Waals surface area contributed by atoms with Crippen LogP contribution in [-0.4, -0.2) is 26.0 Å². The van der Waals surface area contributed by atoms with Crippen molar-refractivity contribution in [2.45, 2.75) is 6.61 Å². The fourth-order valence-corrected chi connectivity index (χ4v) is 1.25. The molecule has 0 saturated carbocycles. The summed E-state index contributed by atoms with van der Waals surface area (Å²) < 4.78 is 16.0. The molecule has 0 aliphatic rings. The van der Waals surface area contributed by atoms with Crippen molar-refractivity contribution in [3.63, 3.8) is 0 Å². The van der Waals surface area contributed by atoms with E-state index in [2.05, 4.69) is 20.9 Å². The third kappa shape index (κ3) is 3.25. The number of aromatic nitrogens is 1. The molecule has 0 unspecified atom stereocenters. The maximum Gasteiger partial charge on any atom is 0.188 e. The van der Waals surface area contributed by atoms with Gasteiger partial charge in [0, 0.05) is 24.9 Å². The smallest absolute Gasteiger partial charge is 0.188 e. The lowest BCUT2D eigenvalue weighted by Gasteiger charge is -2.09. The second-order valence-corrected chi connectivity index (χ2v) is 3.50. The van der Waals surface area contributed by atoms with E-state index in [-0.39, 0.29) is 6.79 Å². The van der Waals surface area contributed by atoms with Crippen molar-refractivity contribution in [1.82, 2.24) is 4.98 Å². The highest BCUT2D eigenvalue weighted by Gasteiger charge is 2.05. The average Bonchev–Trinajstić information content (AvgIpc) is 2.18. The molecule has 0 atom stereocenters. The van der Waals surface area contributed by atoms with Gasteiger partial charge in [0.15, 0.2) is 6.79 Å². The third-order valence-corrected chi connectivity index (χ3v) is 1.94. The van der Waals surface area contributed by atoms with E-state index in [1.807, 2.05) is 6.07 Å². The van der Waals surface area contributed by atoms with Crippen molar-refractivity contribution in [2.75, 3.05) is 21.0 Å².